The Labute approximate surface area is 202 Å². The second-order valence-electron chi connectivity index (χ2n) is 8.48. The zero-order chi connectivity index (χ0) is 24.2. The van der Waals surface area contributed by atoms with Crippen LogP contribution in [0.3, 0.4) is 0 Å². The first-order valence-electron chi connectivity index (χ1n) is 10.5. The van der Waals surface area contributed by atoms with Crippen LogP contribution in [-0.4, -0.2) is 43.1 Å². The molecule has 0 aliphatic carbocycles. The van der Waals surface area contributed by atoms with Crippen LogP contribution in [0.15, 0.2) is 64.0 Å². The molecule has 174 valence electrons. The van der Waals surface area contributed by atoms with Crippen LogP contribution in [0, 0.1) is 5.82 Å². The van der Waals surface area contributed by atoms with E-state index in [1.165, 1.54) is 40.9 Å². The average Bonchev–Trinajstić information content (AvgIpc) is 3.12. The lowest BCUT2D eigenvalue weighted by Gasteiger charge is -2.45. The lowest BCUT2D eigenvalue weighted by molar-refractivity contribution is -0.0935. The molecule has 1 amide bonds. The van der Waals surface area contributed by atoms with E-state index in [0.29, 0.717) is 10.3 Å². The highest BCUT2D eigenvalue weighted by Gasteiger charge is 2.48. The summed E-state index contributed by atoms with van der Waals surface area (Å²) in [7, 11) is 3.36. The van der Waals surface area contributed by atoms with Crippen LogP contribution >= 0.6 is 15.9 Å². The highest BCUT2D eigenvalue weighted by molar-refractivity contribution is 9.10. The number of likely N-dealkylation sites (tertiary alicyclic amines) is 1. The highest BCUT2D eigenvalue weighted by atomic mass is 79.9. The van der Waals surface area contributed by atoms with Crippen molar-refractivity contribution < 1.29 is 14.3 Å². The van der Waals surface area contributed by atoms with E-state index < -0.39 is 11.4 Å². The molecule has 3 heterocycles. The molecule has 2 N–H and O–H groups in total. The van der Waals surface area contributed by atoms with E-state index >= 15 is 0 Å². The number of imidazole rings is 1. The normalized spacial score (nSPS) is 14.8. The van der Waals surface area contributed by atoms with Gasteiger partial charge in [-0.2, -0.15) is 0 Å². The number of anilines is 2. The number of hydrogen-bond acceptors (Lipinski definition) is 5. The molecular weight excluding hydrogens is 505 g/mol. The Morgan fingerprint density at radius 3 is 2.59 bits per heavy atom. The van der Waals surface area contributed by atoms with Crippen LogP contribution in [0.4, 0.5) is 15.8 Å². The van der Waals surface area contributed by atoms with E-state index in [-0.39, 0.29) is 41.5 Å². The number of hydrogen-bond donors (Lipinski definition) is 2. The number of aromatic nitrogens is 3. The van der Waals surface area contributed by atoms with Gasteiger partial charge in [-0.1, -0.05) is 28.1 Å². The van der Waals surface area contributed by atoms with Crippen molar-refractivity contribution in [1.82, 2.24) is 19.0 Å². The molecule has 8 nitrogen and oxygen atoms in total. The number of aliphatic hydroxyl groups is 1. The van der Waals surface area contributed by atoms with Gasteiger partial charge in [0.15, 0.2) is 5.60 Å². The van der Waals surface area contributed by atoms with Crippen molar-refractivity contribution in [1.29, 1.82) is 0 Å². The zero-order valence-corrected chi connectivity index (χ0v) is 20.0. The summed E-state index contributed by atoms with van der Waals surface area (Å²) in [6, 6.07) is 13.3. The third-order valence-corrected chi connectivity index (χ3v) is 6.55. The maximum atomic E-state index is 14.4. The standard InChI is InChI=1S/C24H21BrFN5O3/c1-29-11-15(19(10-21(29)32)27-17-8-7-14(25)9-16(17)26)22(33)31-12-24(34,13-31)23-28-18-5-3-4-6-20(18)30(23)2/h3-11,27,34H,12-13H2,1-2H3. The topological polar surface area (TPSA) is 92.4 Å². The Balaban J connectivity index is 1.43. The smallest absolute Gasteiger partial charge is 0.257 e. The zero-order valence-electron chi connectivity index (χ0n) is 18.4. The Kier molecular flexibility index (Phi) is 5.29. The number of para-hydroxylation sites is 2. The first-order chi connectivity index (χ1) is 16.2. The van der Waals surface area contributed by atoms with Crippen molar-refractivity contribution in [2.24, 2.45) is 14.1 Å². The van der Waals surface area contributed by atoms with E-state index in [4.69, 9.17) is 0 Å². The minimum atomic E-state index is -1.30. The minimum Gasteiger partial charge on any atom is -0.378 e. The summed E-state index contributed by atoms with van der Waals surface area (Å²) in [4.78, 5) is 31.6. The van der Waals surface area contributed by atoms with Gasteiger partial charge in [0.05, 0.1) is 41.1 Å². The third-order valence-electron chi connectivity index (χ3n) is 6.05. The molecule has 4 aromatic rings. The number of carbonyl (C=O) groups is 1. The second kappa shape index (κ2) is 8.07. The molecule has 1 aliphatic rings. The van der Waals surface area contributed by atoms with Gasteiger partial charge in [0, 0.05) is 30.8 Å². The first kappa shape index (κ1) is 22.3. The van der Waals surface area contributed by atoms with Gasteiger partial charge in [0.1, 0.15) is 11.6 Å². The summed E-state index contributed by atoms with van der Waals surface area (Å²) in [6.07, 6.45) is 1.41. The summed E-state index contributed by atoms with van der Waals surface area (Å²) in [5.41, 5.74) is 0.511. The van der Waals surface area contributed by atoms with Crippen LogP contribution in [0.5, 0.6) is 0 Å². The predicted octanol–water partition coefficient (Wildman–Crippen LogP) is 3.26. The van der Waals surface area contributed by atoms with Gasteiger partial charge >= 0.3 is 0 Å². The van der Waals surface area contributed by atoms with Crippen molar-refractivity contribution in [3.63, 3.8) is 0 Å². The quantitative estimate of drug-likeness (QED) is 0.426. The van der Waals surface area contributed by atoms with E-state index in [1.54, 1.807) is 6.07 Å². The number of aryl methyl sites for hydroxylation is 2. The molecule has 2 aromatic carbocycles. The fraction of sp³-hybridized carbons (Fsp3) is 0.208. The number of benzene rings is 2. The van der Waals surface area contributed by atoms with Gasteiger partial charge in [-0.05, 0) is 30.3 Å². The largest absolute Gasteiger partial charge is 0.378 e. The van der Waals surface area contributed by atoms with Gasteiger partial charge in [0.2, 0.25) is 0 Å². The van der Waals surface area contributed by atoms with Crippen LogP contribution in [-0.2, 0) is 19.7 Å². The summed E-state index contributed by atoms with van der Waals surface area (Å²) in [5, 5.41) is 14.1. The molecule has 0 atom stereocenters. The lowest BCUT2D eigenvalue weighted by atomic mass is 9.92. The maximum Gasteiger partial charge on any atom is 0.257 e. The number of carbonyl (C=O) groups excluding carboxylic acids is 1. The van der Waals surface area contributed by atoms with Crippen molar-refractivity contribution in [3.05, 3.63) is 86.8 Å². The summed E-state index contributed by atoms with van der Waals surface area (Å²) in [6.45, 7) is 0.0792. The highest BCUT2D eigenvalue weighted by Crippen LogP contribution is 2.35. The summed E-state index contributed by atoms with van der Waals surface area (Å²) in [5.74, 6) is -0.443. The van der Waals surface area contributed by atoms with E-state index in [0.717, 1.165) is 11.0 Å². The van der Waals surface area contributed by atoms with Gasteiger partial charge in [-0.3, -0.25) is 9.59 Å². The Bertz CT molecular complexity index is 1510. The van der Waals surface area contributed by atoms with Crippen molar-refractivity contribution in [3.8, 4) is 0 Å². The number of nitrogens with zero attached hydrogens (tertiary/aromatic N) is 4. The van der Waals surface area contributed by atoms with Crippen molar-refractivity contribution >= 4 is 44.2 Å². The van der Waals surface area contributed by atoms with Crippen LogP contribution in [0.2, 0.25) is 0 Å². The van der Waals surface area contributed by atoms with Gasteiger partial charge in [-0.15, -0.1) is 0 Å². The minimum absolute atomic E-state index is 0.0396. The molecule has 0 radical (unpaired) electrons. The monoisotopic (exact) mass is 525 g/mol. The fourth-order valence-corrected chi connectivity index (χ4v) is 4.58. The van der Waals surface area contributed by atoms with Crippen LogP contribution in [0.25, 0.3) is 11.0 Å². The molecule has 2 aromatic heterocycles. The number of amides is 1. The SMILES string of the molecule is Cn1cc(C(=O)N2CC(O)(c3nc4ccccc4n3C)C2)c(Nc2ccc(Br)cc2F)cc1=O. The van der Waals surface area contributed by atoms with Gasteiger partial charge in [-0.25, -0.2) is 9.37 Å². The molecule has 0 bridgehead atoms. The van der Waals surface area contributed by atoms with Gasteiger partial charge in [0.25, 0.3) is 11.5 Å². The van der Waals surface area contributed by atoms with E-state index in [9.17, 15) is 19.1 Å². The molecule has 1 saturated heterocycles. The third kappa shape index (κ3) is 3.68. The van der Waals surface area contributed by atoms with Crippen LogP contribution < -0.4 is 10.9 Å². The molecule has 0 unspecified atom stereocenters. The molecule has 10 heteroatoms. The lowest BCUT2D eigenvalue weighted by Crippen LogP contribution is -2.62. The van der Waals surface area contributed by atoms with Crippen LogP contribution in [0.1, 0.15) is 16.2 Å². The molecular formula is C24H21BrFN5O3. The molecule has 5 rings (SSSR count). The predicted molar refractivity (Wildman–Crippen MR) is 130 cm³/mol. The van der Waals surface area contributed by atoms with E-state index in [1.807, 2.05) is 35.9 Å². The number of nitrogens with one attached hydrogen (secondary N) is 1. The maximum absolute atomic E-state index is 14.4. The number of halogens is 2. The molecule has 1 aliphatic heterocycles. The Hall–Kier alpha value is -3.50. The number of fused-ring (bicyclic) bond motifs is 1. The molecule has 0 spiro atoms. The molecule has 1 fully saturated rings. The average molecular weight is 526 g/mol. The second-order valence-corrected chi connectivity index (χ2v) is 9.39. The number of rotatable bonds is 4. The molecule has 0 saturated carbocycles. The summed E-state index contributed by atoms with van der Waals surface area (Å²) < 4.78 is 18.1. The van der Waals surface area contributed by atoms with Gasteiger partial charge < -0.3 is 24.5 Å². The summed E-state index contributed by atoms with van der Waals surface area (Å²) >= 11 is 3.21. The number of β-amino-alcohol motifs (C(OH)–C–C–N with tert-alkyl or cyclic N) is 1. The number of pyridine rings is 1. The fourth-order valence-electron chi connectivity index (χ4n) is 4.24. The molecule has 34 heavy (non-hydrogen) atoms. The van der Waals surface area contributed by atoms with Crippen molar-refractivity contribution in [2.45, 2.75) is 5.60 Å². The van der Waals surface area contributed by atoms with Crippen molar-refractivity contribution in [2.75, 3.05) is 18.4 Å². The first-order valence-corrected chi connectivity index (χ1v) is 11.3. The van der Waals surface area contributed by atoms with E-state index in [2.05, 4.69) is 26.2 Å². The Morgan fingerprint density at radius 2 is 1.88 bits per heavy atom. The Morgan fingerprint density at radius 1 is 1.15 bits per heavy atom.